The third kappa shape index (κ3) is 8.38. The van der Waals surface area contributed by atoms with E-state index in [1.807, 2.05) is 11.8 Å². The first-order valence-corrected chi connectivity index (χ1v) is 6.31. The van der Waals surface area contributed by atoms with E-state index in [9.17, 15) is 0 Å². The molecule has 0 aromatic carbocycles. The van der Waals surface area contributed by atoms with Crippen LogP contribution in [0.15, 0.2) is 12.2 Å². The molecule has 0 aliphatic heterocycles. The zero-order chi connectivity index (χ0) is 10.1. The molecule has 0 aliphatic carbocycles. The Morgan fingerprint density at radius 2 is 2.15 bits per heavy atom. The molecule has 2 heteroatoms. The van der Waals surface area contributed by atoms with Crippen molar-refractivity contribution in [2.24, 2.45) is 0 Å². The molecule has 1 nitrogen and oxygen atoms in total. The lowest BCUT2D eigenvalue weighted by molar-refractivity contribution is 0.549. The van der Waals surface area contributed by atoms with Gasteiger partial charge < -0.3 is 5.32 Å². The van der Waals surface area contributed by atoms with Crippen LogP contribution in [0.5, 0.6) is 0 Å². The molecule has 0 spiro atoms. The highest BCUT2D eigenvalue weighted by atomic mass is 32.2. The first kappa shape index (κ1) is 13.1. The summed E-state index contributed by atoms with van der Waals surface area (Å²) in [5, 5.41) is 3.55. The van der Waals surface area contributed by atoms with Gasteiger partial charge in [0, 0.05) is 11.8 Å². The highest BCUT2D eigenvalue weighted by Crippen LogP contribution is 2.09. The molecule has 0 rings (SSSR count). The molecule has 1 unspecified atom stereocenters. The molecule has 1 atom stereocenters. The smallest absolute Gasteiger partial charge is 0.0195 e. The van der Waals surface area contributed by atoms with Gasteiger partial charge in [0.2, 0.25) is 0 Å². The predicted molar refractivity (Wildman–Crippen MR) is 64.5 cm³/mol. The summed E-state index contributed by atoms with van der Waals surface area (Å²) in [6, 6.07) is 0.627. The van der Waals surface area contributed by atoms with Crippen LogP contribution in [0, 0.1) is 0 Å². The van der Waals surface area contributed by atoms with E-state index in [0.717, 1.165) is 13.0 Å². The quantitative estimate of drug-likeness (QED) is 0.606. The molecule has 0 bridgehead atoms. The molecular formula is C11H23NS. The molecule has 0 amide bonds. The average Bonchev–Trinajstić information content (AvgIpc) is 2.09. The van der Waals surface area contributed by atoms with E-state index in [-0.39, 0.29) is 0 Å². The van der Waals surface area contributed by atoms with Crippen molar-refractivity contribution in [3.8, 4) is 0 Å². The van der Waals surface area contributed by atoms with Crippen LogP contribution in [0.2, 0.25) is 0 Å². The Balaban J connectivity index is 3.66. The monoisotopic (exact) mass is 201 g/mol. The van der Waals surface area contributed by atoms with Gasteiger partial charge in [0.25, 0.3) is 0 Å². The number of rotatable bonds is 8. The van der Waals surface area contributed by atoms with Crippen molar-refractivity contribution in [3.63, 3.8) is 0 Å². The van der Waals surface area contributed by atoms with Gasteiger partial charge in [0.1, 0.15) is 0 Å². The van der Waals surface area contributed by atoms with Gasteiger partial charge in [0.15, 0.2) is 0 Å². The van der Waals surface area contributed by atoms with E-state index in [1.165, 1.54) is 23.5 Å². The van der Waals surface area contributed by atoms with Crippen LogP contribution in [0.1, 0.15) is 33.6 Å². The Morgan fingerprint density at radius 1 is 1.46 bits per heavy atom. The van der Waals surface area contributed by atoms with Gasteiger partial charge in [-0.3, -0.25) is 0 Å². The second kappa shape index (κ2) is 8.64. The fourth-order valence-corrected chi connectivity index (χ4v) is 1.98. The third-order valence-electron chi connectivity index (χ3n) is 1.80. The Bertz CT molecular complexity index is 126. The summed E-state index contributed by atoms with van der Waals surface area (Å²) in [4.78, 5) is 0. The molecule has 0 aliphatic rings. The van der Waals surface area contributed by atoms with Gasteiger partial charge in [-0.1, -0.05) is 19.4 Å². The zero-order valence-electron chi connectivity index (χ0n) is 9.23. The summed E-state index contributed by atoms with van der Waals surface area (Å²) in [7, 11) is 0. The minimum Gasteiger partial charge on any atom is -0.313 e. The summed E-state index contributed by atoms with van der Waals surface area (Å²) in [5.74, 6) is 2.42. The Morgan fingerprint density at radius 3 is 2.62 bits per heavy atom. The molecule has 0 aromatic rings. The first-order chi connectivity index (χ1) is 6.20. The third-order valence-corrected chi connectivity index (χ3v) is 2.85. The predicted octanol–water partition coefficient (Wildman–Crippen LogP) is 3.07. The van der Waals surface area contributed by atoms with E-state index < -0.39 is 0 Å². The van der Waals surface area contributed by atoms with Gasteiger partial charge in [-0.2, -0.15) is 11.8 Å². The SMILES string of the molecule is C=C(C)CC(CSCC)NCCC. The lowest BCUT2D eigenvalue weighted by Gasteiger charge is -2.17. The van der Waals surface area contributed by atoms with Crippen molar-refractivity contribution in [3.05, 3.63) is 12.2 Å². The van der Waals surface area contributed by atoms with Crippen molar-refractivity contribution in [2.45, 2.75) is 39.7 Å². The number of hydrogen-bond acceptors (Lipinski definition) is 2. The van der Waals surface area contributed by atoms with Crippen LogP contribution in [0.3, 0.4) is 0 Å². The Labute approximate surface area is 87.4 Å². The van der Waals surface area contributed by atoms with Gasteiger partial charge in [-0.25, -0.2) is 0 Å². The largest absolute Gasteiger partial charge is 0.313 e. The Hall–Kier alpha value is 0.0500. The number of nitrogens with one attached hydrogen (secondary N) is 1. The van der Waals surface area contributed by atoms with Gasteiger partial charge >= 0.3 is 0 Å². The lowest BCUT2D eigenvalue weighted by Crippen LogP contribution is -2.32. The van der Waals surface area contributed by atoms with Crippen LogP contribution in [-0.2, 0) is 0 Å². The molecular weight excluding hydrogens is 178 g/mol. The average molecular weight is 201 g/mol. The fourth-order valence-electron chi connectivity index (χ4n) is 1.22. The van der Waals surface area contributed by atoms with Crippen molar-refractivity contribution in [1.29, 1.82) is 0 Å². The standard InChI is InChI=1S/C11H23NS/c1-5-7-12-11(8-10(3)4)9-13-6-2/h11-12H,3,5-9H2,1-2,4H3. The first-order valence-electron chi connectivity index (χ1n) is 5.16. The highest BCUT2D eigenvalue weighted by Gasteiger charge is 2.06. The van der Waals surface area contributed by atoms with Gasteiger partial charge in [-0.15, -0.1) is 6.58 Å². The number of hydrogen-bond donors (Lipinski definition) is 1. The van der Waals surface area contributed by atoms with Gasteiger partial charge in [-0.05, 0) is 32.1 Å². The summed E-state index contributed by atoms with van der Waals surface area (Å²) in [6.07, 6.45) is 2.33. The van der Waals surface area contributed by atoms with Crippen molar-refractivity contribution in [1.82, 2.24) is 5.32 Å². The van der Waals surface area contributed by atoms with Crippen LogP contribution in [0.25, 0.3) is 0 Å². The second-order valence-corrected chi connectivity index (χ2v) is 4.79. The summed E-state index contributed by atoms with van der Waals surface area (Å²) in [6.45, 7) is 11.6. The van der Waals surface area contributed by atoms with E-state index in [4.69, 9.17) is 0 Å². The maximum Gasteiger partial charge on any atom is 0.0195 e. The molecule has 0 heterocycles. The maximum absolute atomic E-state index is 3.96. The van der Waals surface area contributed by atoms with Crippen molar-refractivity contribution in [2.75, 3.05) is 18.1 Å². The maximum atomic E-state index is 3.96. The van der Waals surface area contributed by atoms with Crippen LogP contribution < -0.4 is 5.32 Å². The molecule has 0 saturated heterocycles. The molecule has 0 saturated carbocycles. The highest BCUT2D eigenvalue weighted by molar-refractivity contribution is 7.99. The Kier molecular flexibility index (Phi) is 8.67. The van der Waals surface area contributed by atoms with E-state index in [2.05, 4.69) is 32.7 Å². The van der Waals surface area contributed by atoms with Crippen molar-refractivity contribution < 1.29 is 0 Å². The topological polar surface area (TPSA) is 12.0 Å². The van der Waals surface area contributed by atoms with Crippen molar-refractivity contribution >= 4 is 11.8 Å². The number of thioether (sulfide) groups is 1. The summed E-state index contributed by atoms with van der Waals surface area (Å²) >= 11 is 2.01. The minimum absolute atomic E-state index is 0.627. The summed E-state index contributed by atoms with van der Waals surface area (Å²) in [5.41, 5.74) is 1.28. The van der Waals surface area contributed by atoms with Crippen LogP contribution >= 0.6 is 11.8 Å². The van der Waals surface area contributed by atoms with E-state index in [0.29, 0.717) is 6.04 Å². The molecule has 0 radical (unpaired) electrons. The zero-order valence-corrected chi connectivity index (χ0v) is 10.0. The van der Waals surface area contributed by atoms with E-state index >= 15 is 0 Å². The second-order valence-electron chi connectivity index (χ2n) is 3.47. The lowest BCUT2D eigenvalue weighted by atomic mass is 10.1. The van der Waals surface area contributed by atoms with Crippen LogP contribution in [0.4, 0.5) is 0 Å². The summed E-state index contributed by atoms with van der Waals surface area (Å²) < 4.78 is 0. The molecule has 1 N–H and O–H groups in total. The molecule has 0 fully saturated rings. The molecule has 13 heavy (non-hydrogen) atoms. The molecule has 78 valence electrons. The minimum atomic E-state index is 0.627. The molecule has 0 aromatic heterocycles. The fraction of sp³-hybridized carbons (Fsp3) is 0.818. The van der Waals surface area contributed by atoms with Crippen LogP contribution in [-0.4, -0.2) is 24.1 Å². The normalized spacial score (nSPS) is 12.8. The van der Waals surface area contributed by atoms with Gasteiger partial charge in [0.05, 0.1) is 0 Å². The van der Waals surface area contributed by atoms with E-state index in [1.54, 1.807) is 0 Å².